The second kappa shape index (κ2) is 22.7. The molecule has 0 heterocycles. The number of benzene rings is 1. The van der Waals surface area contributed by atoms with Crippen LogP contribution in [0.5, 0.6) is 0 Å². The monoisotopic (exact) mass is 1060 g/mol. The number of hydrogen-bond acceptors (Lipinski definition) is 11. The van der Waals surface area contributed by atoms with E-state index in [4.69, 9.17) is 18.9 Å². The van der Waals surface area contributed by atoms with Crippen LogP contribution >= 0.6 is 0 Å². The zero-order valence-electron chi connectivity index (χ0n) is 47.9. The van der Waals surface area contributed by atoms with E-state index in [1.165, 1.54) is 22.3 Å². The van der Waals surface area contributed by atoms with Crippen molar-refractivity contribution in [3.8, 4) is 11.8 Å². The maximum absolute atomic E-state index is 13.0. The average Bonchev–Trinajstić information content (AvgIpc) is 4.07. The second-order valence-electron chi connectivity index (χ2n) is 26.9. The number of carbonyl (C=O) groups excluding carboxylic acids is 3. The molecule has 13 heteroatoms. The molecule has 77 heavy (non-hydrogen) atoms. The fraction of sp³-hybridized carbons (Fsp3) is 0.750. The number of ketones is 1. The summed E-state index contributed by atoms with van der Waals surface area (Å²) in [5, 5.41) is 36.8. The molecule has 424 valence electrons. The molecule has 6 saturated carbocycles. The fourth-order valence-electron chi connectivity index (χ4n) is 17.8. The number of carbonyl (C=O) groups is 4. The quantitative estimate of drug-likeness (QED) is 0.0502. The van der Waals surface area contributed by atoms with Crippen LogP contribution in [0.3, 0.4) is 0 Å². The minimum absolute atomic E-state index is 0.0345. The molecule has 0 aromatic heterocycles. The van der Waals surface area contributed by atoms with Gasteiger partial charge in [-0.1, -0.05) is 51.3 Å². The lowest BCUT2D eigenvalue weighted by molar-refractivity contribution is -0.232. The SMILES string of the molecule is CC#C[C@@]1(O)CCC2C3CCC4=CC(=O)CCC4=C3[C@H](c3ccc(N(C)CCO[C@H]4CC[C@@]5(C)[C@@H](C4)C[C@@H](OCOC(=O)CCCNC(=O)OC(C)(C)C)[C@@H]4[C@@H]5C[C@H](O)[C@]5(C)[C@@H]([C@H](C)CCC(=O)O)CC[C@@H]45)cc3)C[C@@]21C. The molecule has 16 atom stereocenters. The molecule has 1 aromatic rings. The minimum atomic E-state index is -1.01. The van der Waals surface area contributed by atoms with Crippen LogP contribution in [0.4, 0.5) is 10.5 Å². The number of carboxylic acid groups (broad SMARTS) is 1. The Morgan fingerprint density at radius 2 is 1.69 bits per heavy atom. The third kappa shape index (κ3) is 11.3. The first-order valence-electron chi connectivity index (χ1n) is 29.7. The molecule has 1 amide bonds. The number of ether oxygens (including phenoxy) is 4. The number of fused-ring (bicyclic) bond motifs is 9. The highest BCUT2D eigenvalue weighted by molar-refractivity contribution is 5.93. The van der Waals surface area contributed by atoms with Gasteiger partial charge in [-0.3, -0.25) is 14.4 Å². The molecule has 0 radical (unpaired) electrons. The second-order valence-corrected chi connectivity index (χ2v) is 26.9. The number of likely N-dealkylation sites (N-methyl/N-ethyl adjacent to an activating group) is 1. The number of aliphatic carboxylic acids is 1. The lowest BCUT2D eigenvalue weighted by Crippen LogP contribution is -2.63. The number of allylic oxidation sites excluding steroid dienone is 4. The summed E-state index contributed by atoms with van der Waals surface area (Å²) in [6.45, 7) is 17.8. The fourth-order valence-corrected chi connectivity index (χ4v) is 17.8. The molecule has 0 bridgehead atoms. The number of esters is 1. The van der Waals surface area contributed by atoms with Crippen LogP contribution in [0.15, 0.2) is 47.1 Å². The predicted octanol–water partition coefficient (Wildman–Crippen LogP) is 11.1. The maximum atomic E-state index is 13.0. The number of hydrogen-bond donors (Lipinski definition) is 4. The number of carboxylic acids is 1. The van der Waals surface area contributed by atoms with Crippen LogP contribution in [0.25, 0.3) is 0 Å². The van der Waals surface area contributed by atoms with Crippen molar-refractivity contribution in [2.75, 3.05) is 38.4 Å². The first-order valence-corrected chi connectivity index (χ1v) is 29.7. The van der Waals surface area contributed by atoms with E-state index in [2.05, 4.69) is 81.1 Å². The summed E-state index contributed by atoms with van der Waals surface area (Å²) in [6.07, 6.45) is 14.0. The summed E-state index contributed by atoms with van der Waals surface area (Å²) < 4.78 is 24.6. The van der Waals surface area contributed by atoms with E-state index in [0.717, 1.165) is 82.9 Å². The molecule has 4 N–H and O–H groups in total. The van der Waals surface area contributed by atoms with Gasteiger partial charge in [0.15, 0.2) is 12.6 Å². The predicted molar refractivity (Wildman–Crippen MR) is 295 cm³/mol. The lowest BCUT2D eigenvalue weighted by atomic mass is 9.43. The van der Waals surface area contributed by atoms with E-state index in [0.29, 0.717) is 50.5 Å². The van der Waals surface area contributed by atoms with Gasteiger partial charge >= 0.3 is 18.0 Å². The summed E-state index contributed by atoms with van der Waals surface area (Å²) in [5.74, 6) is 7.50. The first-order chi connectivity index (χ1) is 36.5. The van der Waals surface area contributed by atoms with Crippen molar-refractivity contribution >= 4 is 29.5 Å². The van der Waals surface area contributed by atoms with Crippen LogP contribution in [-0.2, 0) is 33.3 Å². The van der Waals surface area contributed by atoms with Crippen molar-refractivity contribution in [1.29, 1.82) is 0 Å². The largest absolute Gasteiger partial charge is 0.481 e. The molecule has 8 aliphatic carbocycles. The van der Waals surface area contributed by atoms with E-state index in [-0.39, 0.29) is 108 Å². The molecule has 8 aliphatic rings. The summed E-state index contributed by atoms with van der Waals surface area (Å²) >= 11 is 0. The van der Waals surface area contributed by atoms with Crippen LogP contribution in [-0.4, -0.2) is 102 Å². The molecule has 6 fully saturated rings. The van der Waals surface area contributed by atoms with E-state index >= 15 is 0 Å². The van der Waals surface area contributed by atoms with Gasteiger partial charge in [0.2, 0.25) is 0 Å². The highest BCUT2D eigenvalue weighted by Gasteiger charge is 2.67. The minimum Gasteiger partial charge on any atom is -0.481 e. The number of anilines is 1. The van der Waals surface area contributed by atoms with E-state index in [1.807, 2.05) is 13.0 Å². The van der Waals surface area contributed by atoms with Crippen molar-refractivity contribution in [2.24, 2.45) is 63.6 Å². The van der Waals surface area contributed by atoms with Crippen molar-refractivity contribution < 1.29 is 53.4 Å². The van der Waals surface area contributed by atoms with Gasteiger partial charge in [0, 0.05) is 56.4 Å². The van der Waals surface area contributed by atoms with Gasteiger partial charge in [-0.25, -0.2) is 4.79 Å². The Bertz CT molecular complexity index is 2490. The van der Waals surface area contributed by atoms with Gasteiger partial charge in [0.1, 0.15) is 11.2 Å². The van der Waals surface area contributed by atoms with Gasteiger partial charge < -0.3 is 44.5 Å². The zero-order valence-corrected chi connectivity index (χ0v) is 47.9. The van der Waals surface area contributed by atoms with Crippen molar-refractivity contribution in [3.63, 3.8) is 0 Å². The molecular weight excluding hydrogens is 973 g/mol. The van der Waals surface area contributed by atoms with Gasteiger partial charge in [0.05, 0.1) is 24.9 Å². The molecule has 1 aromatic carbocycles. The Morgan fingerprint density at radius 3 is 2.42 bits per heavy atom. The number of aliphatic hydroxyl groups is 2. The number of alkyl carbamates (subject to hydrolysis) is 1. The Morgan fingerprint density at radius 1 is 0.922 bits per heavy atom. The molecule has 0 spiro atoms. The van der Waals surface area contributed by atoms with E-state index < -0.39 is 29.4 Å². The Kier molecular flexibility index (Phi) is 17.0. The van der Waals surface area contributed by atoms with Crippen LogP contribution in [0, 0.1) is 75.4 Å². The number of aliphatic hydroxyl groups excluding tert-OH is 1. The van der Waals surface area contributed by atoms with Crippen LogP contribution in [0.2, 0.25) is 0 Å². The molecule has 0 aliphatic heterocycles. The smallest absolute Gasteiger partial charge is 0.407 e. The molecule has 13 nitrogen and oxygen atoms in total. The van der Waals surface area contributed by atoms with E-state index in [9.17, 15) is 34.5 Å². The summed E-state index contributed by atoms with van der Waals surface area (Å²) in [6, 6.07) is 9.05. The standard InChI is InChI=1S/C64H92N2O11/c1-10-27-64(73)29-26-50-47-20-16-41-33-44(67)19-21-46(41)57(47)48(37-62(50,64)7)40-14-17-43(18-15-40)66(9)31-32-74-45-25-28-61(6)42(34-45)35-53(75-38-76-56(71)12-11-30-65-59(72)77-60(3,4)5)58-51-23-22-49(39(2)13-24-55(69)70)63(51,8)54(68)36-52(58)61/h14-15,17-18,33,39,42,45,47-54,58,68,73H,11-13,16,19-26,28-32,34-38H2,1-9H3,(H,65,72)(H,69,70)/t39-,42+,45+,47?,48+,49-,50?,51+,52+,53-,54+,58+,61+,62+,63-,64-/m1/s1. The van der Waals surface area contributed by atoms with Gasteiger partial charge in [-0.2, -0.15) is 0 Å². The Hall–Kier alpha value is -4.22. The van der Waals surface area contributed by atoms with Crippen LogP contribution < -0.4 is 10.2 Å². The Labute approximate surface area is 459 Å². The molecule has 0 saturated heterocycles. The van der Waals surface area contributed by atoms with Crippen LogP contribution in [0.1, 0.15) is 182 Å². The summed E-state index contributed by atoms with van der Waals surface area (Å²) in [4.78, 5) is 51.7. The van der Waals surface area contributed by atoms with E-state index in [1.54, 1.807) is 20.8 Å². The molecule has 9 rings (SSSR count). The highest BCUT2D eigenvalue weighted by Crippen LogP contribution is 2.70. The third-order valence-electron chi connectivity index (χ3n) is 21.8. The Balaban J connectivity index is 0.851. The highest BCUT2D eigenvalue weighted by atomic mass is 16.7. The molecule has 2 unspecified atom stereocenters. The molecular formula is C64H92N2O11. The number of nitrogens with one attached hydrogen (secondary N) is 1. The van der Waals surface area contributed by atoms with Gasteiger partial charge in [-0.15, -0.1) is 5.92 Å². The van der Waals surface area contributed by atoms with Crippen molar-refractivity contribution in [2.45, 2.75) is 206 Å². The number of nitrogens with zero attached hydrogens (tertiary/aromatic N) is 1. The number of amides is 1. The van der Waals surface area contributed by atoms with Gasteiger partial charge in [0.25, 0.3) is 0 Å². The maximum Gasteiger partial charge on any atom is 0.407 e. The van der Waals surface area contributed by atoms with Crippen molar-refractivity contribution in [3.05, 3.63) is 52.6 Å². The first kappa shape index (κ1) is 57.5. The summed E-state index contributed by atoms with van der Waals surface area (Å²) in [5.41, 5.74) is 4.17. The third-order valence-corrected chi connectivity index (χ3v) is 21.8. The van der Waals surface area contributed by atoms with Gasteiger partial charge in [-0.05, 0) is 217 Å². The van der Waals surface area contributed by atoms with Crippen molar-refractivity contribution in [1.82, 2.24) is 5.32 Å². The average molecular weight is 1070 g/mol. The zero-order chi connectivity index (χ0) is 55.2. The number of rotatable bonds is 17. The lowest BCUT2D eigenvalue weighted by Gasteiger charge is -2.64. The topological polar surface area (TPSA) is 181 Å². The summed E-state index contributed by atoms with van der Waals surface area (Å²) in [7, 11) is 2.13. The normalized spacial score (nSPS) is 37.5.